The topological polar surface area (TPSA) is 80.0 Å². The predicted molar refractivity (Wildman–Crippen MR) is 69.3 cm³/mol. The molecule has 0 aliphatic carbocycles. The fraction of sp³-hybridized carbons (Fsp3) is 0.364. The molecule has 2 aromatic heterocycles. The van der Waals surface area contributed by atoms with Crippen molar-refractivity contribution in [1.82, 2.24) is 14.8 Å². The van der Waals surface area contributed by atoms with Gasteiger partial charge in [0.2, 0.25) is 0 Å². The van der Waals surface area contributed by atoms with Crippen LogP contribution in [0.5, 0.6) is 0 Å². The highest BCUT2D eigenvalue weighted by molar-refractivity contribution is 7.13. The summed E-state index contributed by atoms with van der Waals surface area (Å²) in [6.07, 6.45) is 2.45. The molecule has 0 aliphatic heterocycles. The first-order chi connectivity index (χ1) is 8.54. The summed E-state index contributed by atoms with van der Waals surface area (Å²) in [4.78, 5) is 14.8. The lowest BCUT2D eigenvalue weighted by molar-refractivity contribution is -0.136. The maximum absolute atomic E-state index is 10.5. The molecule has 0 aromatic carbocycles. The van der Waals surface area contributed by atoms with E-state index in [1.165, 1.54) is 11.3 Å². The summed E-state index contributed by atoms with van der Waals surface area (Å²) in [6, 6.07) is 0. The number of aliphatic carboxylic acids is 1. The molecule has 0 fully saturated rings. The summed E-state index contributed by atoms with van der Waals surface area (Å²) in [5, 5.41) is 18.6. The summed E-state index contributed by atoms with van der Waals surface area (Å²) >= 11 is 1.46. The SMILES string of the molecule is Cc1nn(C)cc1Nc1nc(CCC(=O)O)cs1. The van der Waals surface area contributed by atoms with Crippen LogP contribution in [-0.4, -0.2) is 25.8 Å². The molecule has 18 heavy (non-hydrogen) atoms. The third kappa shape index (κ3) is 3.07. The van der Waals surface area contributed by atoms with Gasteiger partial charge in [-0.2, -0.15) is 5.10 Å². The largest absolute Gasteiger partial charge is 0.481 e. The summed E-state index contributed by atoms with van der Waals surface area (Å²) in [6.45, 7) is 1.92. The molecule has 0 saturated heterocycles. The molecule has 0 atom stereocenters. The van der Waals surface area contributed by atoms with E-state index in [-0.39, 0.29) is 6.42 Å². The van der Waals surface area contributed by atoms with Crippen molar-refractivity contribution in [3.63, 3.8) is 0 Å². The van der Waals surface area contributed by atoms with Gasteiger partial charge in [-0.25, -0.2) is 4.98 Å². The number of rotatable bonds is 5. The molecule has 0 amide bonds. The first-order valence-corrected chi connectivity index (χ1v) is 6.36. The first-order valence-electron chi connectivity index (χ1n) is 5.48. The highest BCUT2D eigenvalue weighted by Crippen LogP contribution is 2.23. The van der Waals surface area contributed by atoms with E-state index in [4.69, 9.17) is 5.11 Å². The predicted octanol–water partition coefficient (Wildman–Crippen LogP) is 1.95. The number of aromatic nitrogens is 3. The molecule has 7 heteroatoms. The number of hydrogen-bond donors (Lipinski definition) is 2. The number of nitrogens with zero attached hydrogens (tertiary/aromatic N) is 3. The number of nitrogens with one attached hydrogen (secondary N) is 1. The smallest absolute Gasteiger partial charge is 0.303 e. The Labute approximate surface area is 108 Å². The third-order valence-electron chi connectivity index (χ3n) is 2.40. The van der Waals surface area contributed by atoms with Crippen molar-refractivity contribution >= 4 is 28.1 Å². The Morgan fingerprint density at radius 2 is 2.39 bits per heavy atom. The second kappa shape index (κ2) is 5.18. The molecule has 2 N–H and O–H groups in total. The molecule has 0 saturated carbocycles. The van der Waals surface area contributed by atoms with E-state index in [1.807, 2.05) is 25.5 Å². The second-order valence-corrected chi connectivity index (χ2v) is 4.82. The van der Waals surface area contributed by atoms with Crippen LogP contribution in [0.2, 0.25) is 0 Å². The molecule has 0 unspecified atom stereocenters. The van der Waals surface area contributed by atoms with E-state index in [1.54, 1.807) is 4.68 Å². The standard InChI is InChI=1S/C11H14N4O2S/c1-7-9(5-15(2)14-7)13-11-12-8(6-18-11)3-4-10(16)17/h5-6H,3-4H2,1-2H3,(H,12,13)(H,16,17). The number of aryl methyl sites for hydroxylation is 3. The van der Waals surface area contributed by atoms with Crippen LogP contribution in [0.4, 0.5) is 10.8 Å². The number of carboxylic acid groups (broad SMARTS) is 1. The lowest BCUT2D eigenvalue weighted by atomic mass is 10.2. The van der Waals surface area contributed by atoms with Gasteiger partial charge in [-0.1, -0.05) is 0 Å². The monoisotopic (exact) mass is 266 g/mol. The number of anilines is 2. The molecular weight excluding hydrogens is 252 g/mol. The van der Waals surface area contributed by atoms with Crippen LogP contribution in [0.1, 0.15) is 17.8 Å². The summed E-state index contributed by atoms with van der Waals surface area (Å²) < 4.78 is 1.73. The van der Waals surface area contributed by atoms with Gasteiger partial charge < -0.3 is 10.4 Å². The fourth-order valence-electron chi connectivity index (χ4n) is 1.55. The molecular formula is C11H14N4O2S. The molecule has 2 rings (SSSR count). The van der Waals surface area contributed by atoms with Gasteiger partial charge in [-0.15, -0.1) is 11.3 Å². The molecule has 2 heterocycles. The van der Waals surface area contributed by atoms with Gasteiger partial charge in [0.1, 0.15) is 0 Å². The van der Waals surface area contributed by atoms with Crippen molar-refractivity contribution < 1.29 is 9.90 Å². The van der Waals surface area contributed by atoms with Crippen molar-refractivity contribution in [3.05, 3.63) is 23.0 Å². The zero-order valence-electron chi connectivity index (χ0n) is 10.2. The van der Waals surface area contributed by atoms with Crippen LogP contribution in [-0.2, 0) is 18.3 Å². The van der Waals surface area contributed by atoms with Crippen LogP contribution < -0.4 is 5.32 Å². The second-order valence-electron chi connectivity index (χ2n) is 3.96. The Morgan fingerprint density at radius 1 is 1.61 bits per heavy atom. The van der Waals surface area contributed by atoms with Gasteiger partial charge in [0, 0.05) is 25.0 Å². The zero-order chi connectivity index (χ0) is 13.1. The van der Waals surface area contributed by atoms with Crippen molar-refractivity contribution in [3.8, 4) is 0 Å². The minimum atomic E-state index is -0.805. The van der Waals surface area contributed by atoms with Crippen LogP contribution in [0.3, 0.4) is 0 Å². The van der Waals surface area contributed by atoms with E-state index in [0.717, 1.165) is 22.2 Å². The average Bonchev–Trinajstić information content (AvgIpc) is 2.84. The van der Waals surface area contributed by atoms with Crippen molar-refractivity contribution in [2.45, 2.75) is 19.8 Å². The summed E-state index contributed by atoms with van der Waals surface area (Å²) in [5.41, 5.74) is 2.61. The lowest BCUT2D eigenvalue weighted by Gasteiger charge is -1.98. The van der Waals surface area contributed by atoms with E-state index < -0.39 is 5.97 Å². The van der Waals surface area contributed by atoms with Crippen LogP contribution in [0.15, 0.2) is 11.6 Å². The number of carboxylic acids is 1. The Kier molecular flexibility index (Phi) is 3.61. The Hall–Kier alpha value is -1.89. The number of carbonyl (C=O) groups is 1. The maximum Gasteiger partial charge on any atom is 0.303 e. The third-order valence-corrected chi connectivity index (χ3v) is 3.21. The highest BCUT2D eigenvalue weighted by Gasteiger charge is 2.07. The van der Waals surface area contributed by atoms with E-state index in [0.29, 0.717) is 6.42 Å². The van der Waals surface area contributed by atoms with Gasteiger partial charge in [0.05, 0.1) is 23.5 Å². The van der Waals surface area contributed by atoms with Crippen LogP contribution in [0.25, 0.3) is 0 Å². The Balaban J connectivity index is 2.02. The van der Waals surface area contributed by atoms with E-state index >= 15 is 0 Å². The van der Waals surface area contributed by atoms with Crippen molar-refractivity contribution in [2.24, 2.45) is 7.05 Å². The van der Waals surface area contributed by atoms with Gasteiger partial charge in [0.15, 0.2) is 5.13 Å². The van der Waals surface area contributed by atoms with E-state index in [9.17, 15) is 4.79 Å². The normalized spacial score (nSPS) is 10.6. The molecule has 2 aromatic rings. The lowest BCUT2D eigenvalue weighted by Crippen LogP contribution is -1.98. The van der Waals surface area contributed by atoms with Crippen molar-refractivity contribution in [1.29, 1.82) is 0 Å². The molecule has 6 nitrogen and oxygen atoms in total. The Bertz CT molecular complexity index is 561. The maximum atomic E-state index is 10.5. The minimum Gasteiger partial charge on any atom is -0.481 e. The average molecular weight is 266 g/mol. The van der Waals surface area contributed by atoms with Crippen molar-refractivity contribution in [2.75, 3.05) is 5.32 Å². The summed E-state index contributed by atoms with van der Waals surface area (Å²) in [5.74, 6) is -0.805. The summed E-state index contributed by atoms with van der Waals surface area (Å²) in [7, 11) is 1.86. The van der Waals surface area contributed by atoms with Gasteiger partial charge in [-0.05, 0) is 6.92 Å². The first kappa shape index (κ1) is 12.6. The van der Waals surface area contributed by atoms with Gasteiger partial charge in [-0.3, -0.25) is 9.48 Å². The quantitative estimate of drug-likeness (QED) is 0.864. The Morgan fingerprint density at radius 3 is 3.00 bits per heavy atom. The van der Waals surface area contributed by atoms with Gasteiger partial charge >= 0.3 is 5.97 Å². The zero-order valence-corrected chi connectivity index (χ0v) is 11.0. The molecule has 0 spiro atoms. The number of thiazole rings is 1. The van der Waals surface area contributed by atoms with Crippen LogP contribution >= 0.6 is 11.3 Å². The molecule has 0 aliphatic rings. The molecule has 96 valence electrons. The van der Waals surface area contributed by atoms with Gasteiger partial charge in [0.25, 0.3) is 0 Å². The minimum absolute atomic E-state index is 0.106. The number of hydrogen-bond acceptors (Lipinski definition) is 5. The molecule has 0 bridgehead atoms. The highest BCUT2D eigenvalue weighted by atomic mass is 32.1. The fourth-order valence-corrected chi connectivity index (χ4v) is 2.31. The molecule has 0 radical (unpaired) electrons. The van der Waals surface area contributed by atoms with E-state index in [2.05, 4.69) is 15.4 Å². The van der Waals surface area contributed by atoms with Crippen LogP contribution in [0, 0.1) is 6.92 Å².